The zero-order chi connectivity index (χ0) is 13.1. The minimum Gasteiger partial charge on any atom is -0.463 e. The first kappa shape index (κ1) is 13.5. The zero-order valence-corrected chi connectivity index (χ0v) is 13.0. The van der Waals surface area contributed by atoms with E-state index in [2.05, 4.69) is 27.6 Å². The lowest BCUT2D eigenvalue weighted by Gasteiger charge is -1.96. The smallest absolute Gasteiger partial charge is 0.376 e. The van der Waals surface area contributed by atoms with E-state index < -0.39 is 5.97 Å². The molecule has 96 valence electrons. The van der Waals surface area contributed by atoms with Gasteiger partial charge in [-0.2, -0.15) is 0 Å². The summed E-state index contributed by atoms with van der Waals surface area (Å²) in [5, 5.41) is 1.96. The van der Waals surface area contributed by atoms with Crippen LogP contribution in [-0.4, -0.2) is 18.1 Å². The van der Waals surface area contributed by atoms with Crippen molar-refractivity contribution in [3.8, 4) is 11.5 Å². The summed E-state index contributed by atoms with van der Waals surface area (Å²) < 4.78 is 11.4. The number of halogens is 1. The Hall–Kier alpha value is -0.890. The van der Waals surface area contributed by atoms with Crippen molar-refractivity contribution in [3.05, 3.63) is 25.8 Å². The van der Waals surface area contributed by atoms with Crippen LogP contribution in [0.15, 0.2) is 15.9 Å². The minimum atomic E-state index is -0.470. The Labute approximate surface area is 123 Å². The molecule has 6 heteroatoms. The van der Waals surface area contributed by atoms with Gasteiger partial charge in [-0.25, -0.2) is 9.78 Å². The summed E-state index contributed by atoms with van der Waals surface area (Å²) in [6.07, 6.45) is 1.60. The minimum absolute atomic E-state index is 0.218. The third-order valence-electron chi connectivity index (χ3n) is 2.37. The third kappa shape index (κ3) is 2.74. The molecule has 0 bridgehead atoms. The number of carbonyl (C=O) groups is 1. The fourth-order valence-corrected chi connectivity index (χ4v) is 2.88. The van der Waals surface area contributed by atoms with Gasteiger partial charge in [0.05, 0.1) is 15.7 Å². The van der Waals surface area contributed by atoms with E-state index in [1.165, 1.54) is 7.11 Å². The lowest BCUT2D eigenvalue weighted by Crippen LogP contribution is -2.03. The maximum absolute atomic E-state index is 11.6. The zero-order valence-electron chi connectivity index (χ0n) is 10.0. The molecule has 0 fully saturated rings. The van der Waals surface area contributed by atoms with Crippen LogP contribution in [0.3, 0.4) is 0 Å². The maximum atomic E-state index is 11.6. The highest BCUT2D eigenvalue weighted by atomic mass is 127. The second-order valence-electron chi connectivity index (χ2n) is 3.68. The molecule has 2 heterocycles. The fourth-order valence-electron chi connectivity index (χ4n) is 1.56. The predicted molar refractivity (Wildman–Crippen MR) is 77.9 cm³/mol. The molecule has 4 nitrogen and oxygen atoms in total. The number of ether oxygens (including phenoxy) is 1. The molecule has 0 aliphatic rings. The largest absolute Gasteiger partial charge is 0.463 e. The molecule has 0 amide bonds. The highest BCUT2D eigenvalue weighted by Gasteiger charge is 2.21. The summed E-state index contributed by atoms with van der Waals surface area (Å²) in [4.78, 5) is 16.0. The van der Waals surface area contributed by atoms with E-state index in [0.717, 1.165) is 14.9 Å². The molecule has 0 saturated heterocycles. The average Bonchev–Trinajstić information content (AvgIpc) is 2.95. The second-order valence-corrected chi connectivity index (χ2v) is 6.48. The van der Waals surface area contributed by atoms with Crippen LogP contribution in [0.5, 0.6) is 0 Å². The van der Waals surface area contributed by atoms with Gasteiger partial charge in [0.1, 0.15) is 0 Å². The number of nitrogens with zero attached hydrogens (tertiary/aromatic N) is 1. The SMILES string of the molecule is CCCc1nc(-c2csc(I)c2)oc1C(=O)OC. The number of oxazole rings is 1. The van der Waals surface area contributed by atoms with E-state index in [-0.39, 0.29) is 5.76 Å². The van der Waals surface area contributed by atoms with E-state index >= 15 is 0 Å². The highest BCUT2D eigenvalue weighted by molar-refractivity contribution is 14.1. The Morgan fingerprint density at radius 1 is 1.61 bits per heavy atom. The lowest BCUT2D eigenvalue weighted by atomic mass is 10.2. The lowest BCUT2D eigenvalue weighted by molar-refractivity contribution is 0.0564. The number of carbonyl (C=O) groups excluding carboxylic acids is 1. The van der Waals surface area contributed by atoms with Gasteiger partial charge in [-0.15, -0.1) is 11.3 Å². The number of esters is 1. The van der Waals surface area contributed by atoms with Crippen LogP contribution in [-0.2, 0) is 11.2 Å². The summed E-state index contributed by atoms with van der Waals surface area (Å²) in [6, 6.07) is 1.98. The van der Waals surface area contributed by atoms with Crippen LogP contribution >= 0.6 is 33.9 Å². The van der Waals surface area contributed by atoms with Gasteiger partial charge in [0.2, 0.25) is 11.7 Å². The molecule has 0 radical (unpaired) electrons. The van der Waals surface area contributed by atoms with Gasteiger partial charge < -0.3 is 9.15 Å². The molecule has 2 rings (SSSR count). The van der Waals surface area contributed by atoms with Crippen molar-refractivity contribution in [2.75, 3.05) is 7.11 Å². The van der Waals surface area contributed by atoms with Gasteiger partial charge in [-0.3, -0.25) is 0 Å². The molecule has 2 aromatic heterocycles. The van der Waals surface area contributed by atoms with E-state index in [1.54, 1.807) is 11.3 Å². The van der Waals surface area contributed by atoms with Gasteiger partial charge in [0.25, 0.3) is 0 Å². The van der Waals surface area contributed by atoms with E-state index in [9.17, 15) is 4.79 Å². The summed E-state index contributed by atoms with van der Waals surface area (Å²) in [6.45, 7) is 2.03. The first-order valence-corrected chi connectivity index (χ1v) is 7.44. The van der Waals surface area contributed by atoms with Gasteiger partial charge in [0, 0.05) is 10.9 Å². The predicted octanol–water partition coefficient (Wildman–Crippen LogP) is 3.75. The molecule has 0 aliphatic heterocycles. The summed E-state index contributed by atoms with van der Waals surface area (Å²) in [5.41, 5.74) is 1.57. The number of hydrogen-bond acceptors (Lipinski definition) is 5. The Bertz CT molecular complexity index is 561. The Morgan fingerprint density at radius 2 is 2.39 bits per heavy atom. The van der Waals surface area contributed by atoms with E-state index in [0.29, 0.717) is 18.0 Å². The highest BCUT2D eigenvalue weighted by Crippen LogP contribution is 2.28. The van der Waals surface area contributed by atoms with Gasteiger partial charge in [0.15, 0.2) is 0 Å². The number of aromatic nitrogens is 1. The molecule has 18 heavy (non-hydrogen) atoms. The van der Waals surface area contributed by atoms with Crippen LogP contribution < -0.4 is 0 Å². The molecule has 0 atom stereocenters. The first-order valence-electron chi connectivity index (χ1n) is 5.48. The van der Waals surface area contributed by atoms with Crippen LogP contribution in [0.1, 0.15) is 29.6 Å². The van der Waals surface area contributed by atoms with E-state index in [4.69, 9.17) is 9.15 Å². The number of thiophene rings is 1. The van der Waals surface area contributed by atoms with Crippen molar-refractivity contribution in [1.29, 1.82) is 0 Å². The Balaban J connectivity index is 2.41. The van der Waals surface area contributed by atoms with Crippen LogP contribution in [0.4, 0.5) is 0 Å². The van der Waals surface area contributed by atoms with Gasteiger partial charge in [-0.05, 0) is 35.1 Å². The van der Waals surface area contributed by atoms with Crippen molar-refractivity contribution < 1.29 is 13.9 Å². The number of rotatable bonds is 4. The quantitative estimate of drug-likeness (QED) is 0.602. The normalized spacial score (nSPS) is 10.6. The molecule has 0 unspecified atom stereocenters. The van der Waals surface area contributed by atoms with Crippen LogP contribution in [0.25, 0.3) is 11.5 Å². The Morgan fingerprint density at radius 3 is 2.94 bits per heavy atom. The molecule has 0 saturated carbocycles. The van der Waals surface area contributed by atoms with Gasteiger partial charge >= 0.3 is 5.97 Å². The molecular formula is C12H12INO3S. The first-order chi connectivity index (χ1) is 8.65. The Kier molecular flexibility index (Phi) is 4.39. The van der Waals surface area contributed by atoms with Crippen LogP contribution in [0.2, 0.25) is 0 Å². The van der Waals surface area contributed by atoms with Crippen LogP contribution in [0, 0.1) is 2.88 Å². The molecular weight excluding hydrogens is 365 g/mol. The monoisotopic (exact) mass is 377 g/mol. The number of aryl methyl sites for hydroxylation is 1. The van der Waals surface area contributed by atoms with Gasteiger partial charge in [-0.1, -0.05) is 13.3 Å². The second kappa shape index (κ2) is 5.83. The standard InChI is InChI=1S/C12H12INO3S/c1-3-4-8-10(12(15)16-2)17-11(14-8)7-5-9(13)18-6-7/h5-6H,3-4H2,1-2H3. The van der Waals surface area contributed by atoms with E-state index in [1.807, 2.05) is 18.4 Å². The molecule has 0 N–H and O–H groups in total. The molecule has 2 aromatic rings. The van der Waals surface area contributed by atoms with Crippen molar-refractivity contribution in [3.63, 3.8) is 0 Å². The third-order valence-corrected chi connectivity index (χ3v) is 4.16. The molecule has 0 spiro atoms. The summed E-state index contributed by atoms with van der Waals surface area (Å²) >= 11 is 3.85. The summed E-state index contributed by atoms with van der Waals surface area (Å²) in [7, 11) is 1.34. The fraction of sp³-hybridized carbons (Fsp3) is 0.333. The van der Waals surface area contributed by atoms with Crippen molar-refractivity contribution in [1.82, 2.24) is 4.98 Å². The number of hydrogen-bond donors (Lipinski definition) is 0. The summed E-state index contributed by atoms with van der Waals surface area (Å²) in [5.74, 6) is 0.232. The van der Waals surface area contributed by atoms with Crippen molar-refractivity contribution >= 4 is 39.9 Å². The van der Waals surface area contributed by atoms with Crippen molar-refractivity contribution in [2.45, 2.75) is 19.8 Å². The maximum Gasteiger partial charge on any atom is 0.376 e. The topological polar surface area (TPSA) is 52.3 Å². The van der Waals surface area contributed by atoms with Crippen molar-refractivity contribution in [2.24, 2.45) is 0 Å². The molecule has 0 aliphatic carbocycles. The molecule has 0 aromatic carbocycles. The number of methoxy groups -OCH3 is 1. The average molecular weight is 377 g/mol.